The minimum Gasteiger partial charge on any atom is -0.496 e. The zero-order valence-corrected chi connectivity index (χ0v) is 18.6. The van der Waals surface area contributed by atoms with Crippen molar-refractivity contribution in [2.24, 2.45) is 0 Å². The molecule has 0 saturated carbocycles. The van der Waals surface area contributed by atoms with Crippen molar-refractivity contribution in [3.8, 4) is 5.75 Å². The zero-order chi connectivity index (χ0) is 21.9. The molecule has 1 heterocycles. The Kier molecular flexibility index (Phi) is 6.80. The van der Waals surface area contributed by atoms with Gasteiger partial charge in [-0.1, -0.05) is 23.8 Å². The average Bonchev–Trinajstić information content (AvgIpc) is 2.73. The summed E-state index contributed by atoms with van der Waals surface area (Å²) in [6, 6.07) is 10.2. The van der Waals surface area contributed by atoms with Crippen molar-refractivity contribution in [2.75, 3.05) is 33.4 Å². The lowest BCUT2D eigenvalue weighted by molar-refractivity contribution is 0.0730. The number of benzene rings is 2. The quantitative estimate of drug-likeness (QED) is 0.759. The van der Waals surface area contributed by atoms with E-state index in [1.54, 1.807) is 0 Å². The highest BCUT2D eigenvalue weighted by atomic mass is 32.2. The Morgan fingerprint density at radius 3 is 2.47 bits per heavy atom. The summed E-state index contributed by atoms with van der Waals surface area (Å²) in [6.07, 6.45) is 0. The number of carbonyl (C=O) groups excluding carboxylic acids is 1. The first-order valence-corrected chi connectivity index (χ1v) is 11.3. The fourth-order valence-corrected chi connectivity index (χ4v) is 5.06. The molecule has 1 fully saturated rings. The van der Waals surface area contributed by atoms with Gasteiger partial charge in [-0.25, -0.2) is 8.42 Å². The molecule has 1 saturated heterocycles. The molecule has 3 rings (SSSR count). The first kappa shape index (κ1) is 22.3. The summed E-state index contributed by atoms with van der Waals surface area (Å²) in [6.45, 7) is 7.22. The standard InChI is InChI=1S/C22H28N2O5S/c1-15-5-7-19(16(2)13-15)17(3)23-22(25)20-14-18(6-8-21(20)28-4)30(26,27)24-9-11-29-12-10-24/h5-8,13-14,17H,9-12H2,1-4H3,(H,23,25). The second kappa shape index (κ2) is 9.16. The molecule has 0 aromatic heterocycles. The molecule has 1 N–H and O–H groups in total. The van der Waals surface area contributed by atoms with Gasteiger partial charge in [0.05, 0.1) is 36.8 Å². The lowest BCUT2D eigenvalue weighted by Crippen LogP contribution is -2.40. The molecule has 8 heteroatoms. The number of hydrogen-bond donors (Lipinski definition) is 1. The van der Waals surface area contributed by atoms with Gasteiger partial charge in [0.2, 0.25) is 10.0 Å². The van der Waals surface area contributed by atoms with Crippen LogP contribution in [0.2, 0.25) is 0 Å². The van der Waals surface area contributed by atoms with Crippen LogP contribution < -0.4 is 10.1 Å². The molecule has 30 heavy (non-hydrogen) atoms. The number of rotatable bonds is 6. The minimum atomic E-state index is -3.72. The lowest BCUT2D eigenvalue weighted by Gasteiger charge is -2.26. The molecule has 1 unspecified atom stereocenters. The number of carbonyl (C=O) groups is 1. The predicted molar refractivity (Wildman–Crippen MR) is 114 cm³/mol. The second-order valence-electron chi connectivity index (χ2n) is 7.43. The fourth-order valence-electron chi connectivity index (χ4n) is 3.62. The van der Waals surface area contributed by atoms with Crippen LogP contribution in [0.4, 0.5) is 0 Å². The number of amides is 1. The van der Waals surface area contributed by atoms with Gasteiger partial charge in [0.1, 0.15) is 5.75 Å². The SMILES string of the molecule is COc1ccc(S(=O)(=O)N2CCOCC2)cc1C(=O)NC(C)c1ccc(C)cc1C. The minimum absolute atomic E-state index is 0.0644. The molecule has 0 bridgehead atoms. The molecule has 2 aromatic rings. The summed E-state index contributed by atoms with van der Waals surface area (Å²) in [5, 5.41) is 2.96. The number of nitrogens with one attached hydrogen (secondary N) is 1. The van der Waals surface area contributed by atoms with Gasteiger partial charge >= 0.3 is 0 Å². The maximum absolute atomic E-state index is 13.0. The van der Waals surface area contributed by atoms with E-state index in [1.807, 2.05) is 32.9 Å². The summed E-state index contributed by atoms with van der Waals surface area (Å²) in [7, 11) is -2.26. The number of hydrogen-bond acceptors (Lipinski definition) is 5. The van der Waals surface area contributed by atoms with Crippen molar-refractivity contribution in [3.63, 3.8) is 0 Å². The number of sulfonamides is 1. The summed E-state index contributed by atoms with van der Waals surface area (Å²) in [5.41, 5.74) is 3.42. The molecular formula is C22H28N2O5S. The van der Waals surface area contributed by atoms with Crippen molar-refractivity contribution >= 4 is 15.9 Å². The number of methoxy groups -OCH3 is 1. The van der Waals surface area contributed by atoms with E-state index in [0.29, 0.717) is 32.1 Å². The van der Waals surface area contributed by atoms with Crippen LogP contribution in [0, 0.1) is 13.8 Å². The lowest BCUT2D eigenvalue weighted by atomic mass is 10.00. The van der Waals surface area contributed by atoms with E-state index < -0.39 is 15.9 Å². The molecule has 0 radical (unpaired) electrons. The van der Waals surface area contributed by atoms with Gasteiger partial charge in [-0.05, 0) is 50.1 Å². The molecule has 1 amide bonds. The van der Waals surface area contributed by atoms with Crippen molar-refractivity contribution in [1.82, 2.24) is 9.62 Å². The van der Waals surface area contributed by atoms with Gasteiger partial charge in [0.15, 0.2) is 0 Å². The van der Waals surface area contributed by atoms with Crippen LogP contribution in [-0.4, -0.2) is 52.0 Å². The van der Waals surface area contributed by atoms with Crippen LogP contribution in [0.1, 0.15) is 40.0 Å². The summed E-state index contributed by atoms with van der Waals surface area (Å²) < 4.78 is 37.9. The highest BCUT2D eigenvalue weighted by Crippen LogP contribution is 2.26. The van der Waals surface area contributed by atoms with E-state index in [4.69, 9.17) is 9.47 Å². The molecule has 162 valence electrons. The second-order valence-corrected chi connectivity index (χ2v) is 9.37. The van der Waals surface area contributed by atoms with E-state index in [-0.39, 0.29) is 16.5 Å². The first-order chi connectivity index (χ1) is 14.2. The third kappa shape index (κ3) is 4.66. The van der Waals surface area contributed by atoms with Gasteiger partial charge in [-0.2, -0.15) is 4.31 Å². The Bertz CT molecular complexity index is 1030. The normalized spacial score (nSPS) is 16.1. The van der Waals surface area contributed by atoms with Crippen molar-refractivity contribution in [3.05, 3.63) is 58.7 Å². The number of morpholine rings is 1. The molecule has 7 nitrogen and oxygen atoms in total. The van der Waals surface area contributed by atoms with Gasteiger partial charge in [0, 0.05) is 13.1 Å². The highest BCUT2D eigenvalue weighted by molar-refractivity contribution is 7.89. The Balaban J connectivity index is 1.88. The third-order valence-corrected chi connectivity index (χ3v) is 7.16. The summed E-state index contributed by atoms with van der Waals surface area (Å²) in [5.74, 6) is -0.0698. The van der Waals surface area contributed by atoms with Gasteiger partial charge in [-0.3, -0.25) is 4.79 Å². The van der Waals surface area contributed by atoms with Gasteiger partial charge < -0.3 is 14.8 Å². The molecule has 0 spiro atoms. The molecular weight excluding hydrogens is 404 g/mol. The summed E-state index contributed by atoms with van der Waals surface area (Å²) in [4.78, 5) is 13.1. The van der Waals surface area contributed by atoms with Crippen molar-refractivity contribution < 1.29 is 22.7 Å². The average molecular weight is 433 g/mol. The number of ether oxygens (including phenoxy) is 2. The Hall–Kier alpha value is -2.42. The Labute approximate surface area is 178 Å². The first-order valence-electron chi connectivity index (χ1n) is 9.88. The fraction of sp³-hybridized carbons (Fsp3) is 0.409. The number of aryl methyl sites for hydroxylation is 2. The van der Waals surface area contributed by atoms with E-state index in [9.17, 15) is 13.2 Å². The van der Waals surface area contributed by atoms with E-state index >= 15 is 0 Å². The van der Waals surface area contributed by atoms with Crippen molar-refractivity contribution in [2.45, 2.75) is 31.7 Å². The van der Waals surface area contributed by atoms with Crippen LogP contribution in [-0.2, 0) is 14.8 Å². The van der Waals surface area contributed by atoms with Crippen molar-refractivity contribution in [1.29, 1.82) is 0 Å². The molecule has 1 atom stereocenters. The Morgan fingerprint density at radius 2 is 1.83 bits per heavy atom. The predicted octanol–water partition coefficient (Wildman–Crippen LogP) is 2.82. The highest BCUT2D eigenvalue weighted by Gasteiger charge is 2.28. The Morgan fingerprint density at radius 1 is 1.13 bits per heavy atom. The summed E-state index contributed by atoms with van der Waals surface area (Å²) >= 11 is 0. The maximum Gasteiger partial charge on any atom is 0.255 e. The van der Waals surface area contributed by atoms with Crippen LogP contribution in [0.5, 0.6) is 5.75 Å². The molecule has 2 aromatic carbocycles. The van der Waals surface area contributed by atoms with E-state index in [1.165, 1.54) is 29.6 Å². The van der Waals surface area contributed by atoms with Gasteiger partial charge in [-0.15, -0.1) is 0 Å². The van der Waals surface area contributed by atoms with E-state index in [2.05, 4.69) is 11.4 Å². The maximum atomic E-state index is 13.0. The zero-order valence-electron chi connectivity index (χ0n) is 17.8. The van der Waals surface area contributed by atoms with Crippen LogP contribution in [0.15, 0.2) is 41.3 Å². The monoisotopic (exact) mass is 432 g/mol. The van der Waals surface area contributed by atoms with Crippen LogP contribution in [0.25, 0.3) is 0 Å². The number of nitrogens with zero attached hydrogens (tertiary/aromatic N) is 1. The van der Waals surface area contributed by atoms with Crippen LogP contribution in [0.3, 0.4) is 0 Å². The van der Waals surface area contributed by atoms with Gasteiger partial charge in [0.25, 0.3) is 5.91 Å². The van der Waals surface area contributed by atoms with E-state index in [0.717, 1.165) is 16.7 Å². The smallest absolute Gasteiger partial charge is 0.255 e. The topological polar surface area (TPSA) is 84.9 Å². The molecule has 1 aliphatic rings. The molecule has 1 aliphatic heterocycles. The largest absolute Gasteiger partial charge is 0.496 e. The molecule has 0 aliphatic carbocycles. The third-order valence-electron chi connectivity index (χ3n) is 5.26. The van der Waals surface area contributed by atoms with Crippen LogP contribution >= 0.6 is 0 Å².